The Morgan fingerprint density at radius 3 is 3.00 bits per heavy atom. The molecule has 0 fully saturated rings. The molecule has 2 rings (SSSR count). The molecule has 96 valence electrons. The van der Waals surface area contributed by atoms with E-state index < -0.39 is 0 Å². The molecule has 1 unspecified atom stereocenters. The second-order valence-corrected chi connectivity index (χ2v) is 5.19. The molecular formula is C13H18N4S. The summed E-state index contributed by atoms with van der Waals surface area (Å²) in [6, 6.07) is 4.06. The quantitative estimate of drug-likeness (QED) is 0.834. The van der Waals surface area contributed by atoms with Crippen LogP contribution in [-0.2, 0) is 13.1 Å². The molecule has 0 radical (unpaired) electrons. The van der Waals surface area contributed by atoms with E-state index in [1.807, 2.05) is 29.9 Å². The van der Waals surface area contributed by atoms with Gasteiger partial charge in [0.15, 0.2) is 0 Å². The number of aromatic nitrogens is 2. The van der Waals surface area contributed by atoms with E-state index in [1.54, 1.807) is 11.3 Å². The van der Waals surface area contributed by atoms with Crippen LogP contribution in [0.2, 0.25) is 0 Å². The highest BCUT2D eigenvalue weighted by molar-refractivity contribution is 7.09. The summed E-state index contributed by atoms with van der Waals surface area (Å²) in [6.45, 7) is 4.44. The highest BCUT2D eigenvalue weighted by Gasteiger charge is 2.07. The van der Waals surface area contributed by atoms with Gasteiger partial charge in [-0.1, -0.05) is 6.92 Å². The van der Waals surface area contributed by atoms with Gasteiger partial charge in [0.25, 0.3) is 0 Å². The van der Waals surface area contributed by atoms with Gasteiger partial charge in [-0.25, -0.2) is 4.98 Å². The van der Waals surface area contributed by atoms with E-state index >= 15 is 0 Å². The second kappa shape index (κ2) is 6.58. The van der Waals surface area contributed by atoms with Crippen LogP contribution in [-0.4, -0.2) is 16.5 Å². The van der Waals surface area contributed by atoms with Crippen molar-refractivity contribution in [2.45, 2.75) is 25.9 Å². The molecule has 2 heterocycles. The highest BCUT2D eigenvalue weighted by atomic mass is 32.1. The predicted molar refractivity (Wildman–Crippen MR) is 74.4 cm³/mol. The lowest BCUT2D eigenvalue weighted by Gasteiger charge is -2.10. The van der Waals surface area contributed by atoms with E-state index in [0.717, 1.165) is 18.8 Å². The fourth-order valence-corrected chi connectivity index (χ4v) is 2.45. The number of hydrogen-bond donors (Lipinski definition) is 2. The summed E-state index contributed by atoms with van der Waals surface area (Å²) < 4.78 is 0. The average molecular weight is 262 g/mol. The normalized spacial score (nSPS) is 12.6. The Labute approximate surface area is 111 Å². The fraction of sp³-hybridized carbons (Fsp3) is 0.385. The van der Waals surface area contributed by atoms with Gasteiger partial charge in [-0.15, -0.1) is 11.3 Å². The molecule has 0 aliphatic heterocycles. The highest BCUT2D eigenvalue weighted by Crippen LogP contribution is 2.16. The molecular weight excluding hydrogens is 244 g/mol. The van der Waals surface area contributed by atoms with Crippen molar-refractivity contribution in [1.29, 1.82) is 0 Å². The minimum Gasteiger partial charge on any atom is -0.325 e. The number of rotatable bonds is 6. The summed E-state index contributed by atoms with van der Waals surface area (Å²) in [6.07, 6.45) is 3.66. The smallest absolute Gasteiger partial charge is 0.0965 e. The predicted octanol–water partition coefficient (Wildman–Crippen LogP) is 1.89. The fourth-order valence-electron chi connectivity index (χ4n) is 1.75. The molecule has 4 nitrogen and oxygen atoms in total. The number of nitrogens with one attached hydrogen (secondary N) is 1. The topological polar surface area (TPSA) is 63.8 Å². The molecule has 0 spiro atoms. The summed E-state index contributed by atoms with van der Waals surface area (Å²) in [4.78, 5) is 8.50. The lowest BCUT2D eigenvalue weighted by molar-refractivity contribution is 0.612. The van der Waals surface area contributed by atoms with Crippen LogP contribution >= 0.6 is 11.3 Å². The Kier molecular flexibility index (Phi) is 4.81. The SMILES string of the molecule is CC(CNCc1ccnc(CN)c1)c1nccs1. The third kappa shape index (κ3) is 3.60. The van der Waals surface area contributed by atoms with Crippen molar-refractivity contribution in [1.82, 2.24) is 15.3 Å². The summed E-state index contributed by atoms with van der Waals surface area (Å²) in [5.41, 5.74) is 7.72. The van der Waals surface area contributed by atoms with E-state index in [0.29, 0.717) is 12.5 Å². The van der Waals surface area contributed by atoms with Crippen LogP contribution in [0.25, 0.3) is 0 Å². The van der Waals surface area contributed by atoms with E-state index in [9.17, 15) is 0 Å². The number of hydrogen-bond acceptors (Lipinski definition) is 5. The zero-order chi connectivity index (χ0) is 12.8. The van der Waals surface area contributed by atoms with Gasteiger partial charge in [-0.05, 0) is 17.7 Å². The van der Waals surface area contributed by atoms with E-state index in [1.165, 1.54) is 10.6 Å². The minimum absolute atomic E-state index is 0.445. The van der Waals surface area contributed by atoms with E-state index in [2.05, 4.69) is 22.2 Å². The molecule has 2 aromatic heterocycles. The first-order valence-corrected chi connectivity index (χ1v) is 6.91. The molecule has 1 atom stereocenters. The monoisotopic (exact) mass is 262 g/mol. The Bertz CT molecular complexity index is 470. The zero-order valence-corrected chi connectivity index (χ0v) is 11.3. The molecule has 0 aromatic carbocycles. The van der Waals surface area contributed by atoms with E-state index in [-0.39, 0.29) is 0 Å². The second-order valence-electron chi connectivity index (χ2n) is 4.26. The van der Waals surface area contributed by atoms with Crippen LogP contribution < -0.4 is 11.1 Å². The Balaban J connectivity index is 1.81. The van der Waals surface area contributed by atoms with Crippen LogP contribution in [0.4, 0.5) is 0 Å². The molecule has 0 amide bonds. The summed E-state index contributed by atoms with van der Waals surface area (Å²) in [7, 11) is 0. The van der Waals surface area contributed by atoms with Crippen molar-refractivity contribution in [3.63, 3.8) is 0 Å². The van der Waals surface area contributed by atoms with Gasteiger partial charge < -0.3 is 11.1 Å². The molecule has 5 heteroatoms. The van der Waals surface area contributed by atoms with Crippen LogP contribution in [0.5, 0.6) is 0 Å². The molecule has 0 saturated carbocycles. The van der Waals surface area contributed by atoms with Crippen molar-refractivity contribution in [2.75, 3.05) is 6.54 Å². The maximum atomic E-state index is 5.57. The average Bonchev–Trinajstić information content (AvgIpc) is 2.93. The third-order valence-corrected chi connectivity index (χ3v) is 3.75. The summed E-state index contributed by atoms with van der Waals surface area (Å²) in [5, 5.41) is 6.64. The molecule has 18 heavy (non-hydrogen) atoms. The van der Waals surface area contributed by atoms with E-state index in [4.69, 9.17) is 5.73 Å². The Morgan fingerprint density at radius 2 is 2.28 bits per heavy atom. The molecule has 0 aliphatic rings. The molecule has 0 aliphatic carbocycles. The maximum absolute atomic E-state index is 5.57. The van der Waals surface area contributed by atoms with Gasteiger partial charge in [-0.2, -0.15) is 0 Å². The van der Waals surface area contributed by atoms with Gasteiger partial charge in [0, 0.05) is 43.3 Å². The van der Waals surface area contributed by atoms with Gasteiger partial charge in [0.1, 0.15) is 0 Å². The van der Waals surface area contributed by atoms with Crippen molar-refractivity contribution in [2.24, 2.45) is 5.73 Å². The first-order valence-electron chi connectivity index (χ1n) is 6.03. The molecule has 0 bridgehead atoms. The van der Waals surface area contributed by atoms with Crippen molar-refractivity contribution in [3.05, 3.63) is 46.2 Å². The largest absolute Gasteiger partial charge is 0.325 e. The van der Waals surface area contributed by atoms with Crippen LogP contribution in [0.15, 0.2) is 29.9 Å². The van der Waals surface area contributed by atoms with Crippen LogP contribution in [0.1, 0.15) is 29.1 Å². The van der Waals surface area contributed by atoms with Crippen LogP contribution in [0, 0.1) is 0 Å². The number of nitrogens with two attached hydrogens (primary N) is 1. The van der Waals surface area contributed by atoms with Gasteiger partial charge in [-0.3, -0.25) is 4.98 Å². The number of nitrogens with zero attached hydrogens (tertiary/aromatic N) is 2. The Hall–Kier alpha value is -1.30. The molecule has 2 aromatic rings. The van der Waals surface area contributed by atoms with Gasteiger partial charge in [0.05, 0.1) is 10.7 Å². The molecule has 0 saturated heterocycles. The lowest BCUT2D eigenvalue weighted by Crippen LogP contribution is -2.19. The third-order valence-electron chi connectivity index (χ3n) is 2.74. The minimum atomic E-state index is 0.445. The standard InChI is InChI=1S/C13H18N4S/c1-10(13-17-4-5-18-13)8-15-9-11-2-3-16-12(6-11)7-14/h2-6,10,15H,7-9,14H2,1H3. The lowest BCUT2D eigenvalue weighted by atomic mass is 10.2. The Morgan fingerprint density at radius 1 is 1.39 bits per heavy atom. The first-order chi connectivity index (χ1) is 8.79. The first kappa shape index (κ1) is 13.1. The summed E-state index contributed by atoms with van der Waals surface area (Å²) in [5.74, 6) is 0.445. The van der Waals surface area contributed by atoms with Crippen molar-refractivity contribution < 1.29 is 0 Å². The van der Waals surface area contributed by atoms with Gasteiger partial charge >= 0.3 is 0 Å². The van der Waals surface area contributed by atoms with Crippen LogP contribution in [0.3, 0.4) is 0 Å². The summed E-state index contributed by atoms with van der Waals surface area (Å²) >= 11 is 1.71. The molecule has 3 N–H and O–H groups in total. The maximum Gasteiger partial charge on any atom is 0.0965 e. The zero-order valence-electron chi connectivity index (χ0n) is 10.5. The number of thiazole rings is 1. The van der Waals surface area contributed by atoms with Gasteiger partial charge in [0.2, 0.25) is 0 Å². The van der Waals surface area contributed by atoms with Crippen molar-refractivity contribution in [3.8, 4) is 0 Å². The van der Waals surface area contributed by atoms with Crippen molar-refractivity contribution >= 4 is 11.3 Å². The number of pyridine rings is 1.